The second-order valence-electron chi connectivity index (χ2n) is 7.33. The van der Waals surface area contributed by atoms with Crippen LogP contribution < -0.4 is 11.2 Å². The lowest BCUT2D eigenvalue weighted by Crippen LogP contribution is -2.34. The first-order valence-corrected chi connectivity index (χ1v) is 11.4. The van der Waals surface area contributed by atoms with E-state index in [0.717, 1.165) is 49.3 Å². The van der Waals surface area contributed by atoms with Crippen molar-refractivity contribution in [3.05, 3.63) is 93.6 Å². The lowest BCUT2D eigenvalue weighted by molar-refractivity contribution is -0.152. The summed E-state index contributed by atoms with van der Waals surface area (Å²) in [6.07, 6.45) is 27.3. The molecule has 1 aromatic rings. The predicted octanol–water partition coefficient (Wildman–Crippen LogP) is 5.66. The van der Waals surface area contributed by atoms with Crippen LogP contribution in [0.4, 0.5) is 4.39 Å². The van der Waals surface area contributed by atoms with Crippen LogP contribution in [-0.4, -0.2) is 15.5 Å². The molecule has 0 saturated carbocycles. The molecular formula is C26H35FN2O4. The number of esters is 1. The van der Waals surface area contributed by atoms with Crippen LogP contribution in [-0.2, 0) is 9.53 Å². The number of carbonyl (C=O) groups excluding carboxylic acids is 1. The molecule has 0 radical (unpaired) electrons. The minimum atomic E-state index is -1.11. The number of nitrogens with one attached hydrogen (secondary N) is 1. The molecule has 1 N–H and O–H groups in total. The summed E-state index contributed by atoms with van der Waals surface area (Å²) in [5, 5.41) is 0. The van der Waals surface area contributed by atoms with Crippen LogP contribution in [0.5, 0.6) is 0 Å². The first-order valence-electron chi connectivity index (χ1n) is 11.4. The Morgan fingerprint density at radius 1 is 0.970 bits per heavy atom. The number of aromatic amines is 1. The molecule has 7 heteroatoms. The van der Waals surface area contributed by atoms with Crippen LogP contribution >= 0.6 is 0 Å². The van der Waals surface area contributed by atoms with Crippen molar-refractivity contribution in [3.8, 4) is 0 Å². The second-order valence-corrected chi connectivity index (χ2v) is 7.33. The maximum atomic E-state index is 13.3. The van der Waals surface area contributed by atoms with Gasteiger partial charge in [-0.1, -0.05) is 67.7 Å². The molecule has 1 heterocycles. The fraction of sp³-hybridized carbons (Fsp3) is 0.423. The Morgan fingerprint density at radius 3 is 2.03 bits per heavy atom. The summed E-state index contributed by atoms with van der Waals surface area (Å²) in [5.74, 6) is -1.61. The van der Waals surface area contributed by atoms with E-state index in [1.54, 1.807) is 0 Å². The number of aromatic nitrogens is 2. The number of nitrogens with zero attached hydrogens (tertiary/aromatic N) is 1. The largest absolute Gasteiger partial charge is 0.441 e. The van der Waals surface area contributed by atoms with Crippen molar-refractivity contribution in [2.75, 3.05) is 0 Å². The van der Waals surface area contributed by atoms with Crippen molar-refractivity contribution in [1.82, 2.24) is 9.55 Å². The van der Waals surface area contributed by atoms with E-state index in [1.165, 1.54) is 6.92 Å². The Bertz CT molecular complexity index is 967. The van der Waals surface area contributed by atoms with E-state index in [2.05, 4.69) is 55.5 Å². The SMILES string of the molecule is CCC=CCC=CCC=CCC=CCC=CCCCC(=O)OC(C)n1cc(F)c(=O)[nH]c1=O. The molecule has 0 bridgehead atoms. The Hall–Kier alpha value is -3.22. The predicted molar refractivity (Wildman–Crippen MR) is 130 cm³/mol. The molecule has 180 valence electrons. The van der Waals surface area contributed by atoms with Gasteiger partial charge in [0, 0.05) is 6.42 Å². The van der Waals surface area contributed by atoms with Gasteiger partial charge in [0.2, 0.25) is 5.82 Å². The van der Waals surface area contributed by atoms with Gasteiger partial charge in [-0.3, -0.25) is 19.1 Å². The van der Waals surface area contributed by atoms with Gasteiger partial charge >= 0.3 is 11.7 Å². The van der Waals surface area contributed by atoms with Crippen LogP contribution in [0.2, 0.25) is 0 Å². The van der Waals surface area contributed by atoms with E-state index in [1.807, 2.05) is 17.1 Å². The lowest BCUT2D eigenvalue weighted by atomic mass is 10.2. The molecule has 6 nitrogen and oxygen atoms in total. The summed E-state index contributed by atoms with van der Waals surface area (Å²) in [4.78, 5) is 36.4. The summed E-state index contributed by atoms with van der Waals surface area (Å²) >= 11 is 0. The second kappa shape index (κ2) is 17.3. The molecule has 0 aliphatic heterocycles. The highest BCUT2D eigenvalue weighted by atomic mass is 19.1. The average molecular weight is 459 g/mol. The Morgan fingerprint density at radius 2 is 1.48 bits per heavy atom. The van der Waals surface area contributed by atoms with E-state index in [-0.39, 0.29) is 6.42 Å². The molecule has 0 saturated heterocycles. The number of hydrogen-bond acceptors (Lipinski definition) is 4. The van der Waals surface area contributed by atoms with Gasteiger partial charge in [0.05, 0.1) is 6.20 Å². The van der Waals surface area contributed by atoms with Gasteiger partial charge in [-0.25, -0.2) is 4.79 Å². The van der Waals surface area contributed by atoms with Gasteiger partial charge < -0.3 is 4.74 Å². The van der Waals surface area contributed by atoms with Crippen LogP contribution in [0, 0.1) is 5.82 Å². The standard InChI is InChI=1S/C26H35FN2O4/c1-3-4-5-6-7-8-9-10-11-12-13-14-15-16-17-18-19-20-24(30)33-22(2)29-21-23(27)25(31)28-26(29)32/h4-5,7-8,10-11,13-14,16-17,21-22H,3,6,9,12,15,18-20H2,1-2H3,(H,28,31,32). The van der Waals surface area contributed by atoms with E-state index < -0.39 is 29.3 Å². The summed E-state index contributed by atoms with van der Waals surface area (Å²) < 4.78 is 19.3. The summed E-state index contributed by atoms with van der Waals surface area (Å²) in [6.45, 7) is 3.56. The molecular weight excluding hydrogens is 423 g/mol. The molecule has 1 atom stereocenters. The molecule has 0 amide bonds. The van der Waals surface area contributed by atoms with Gasteiger partial charge in [0.25, 0.3) is 5.56 Å². The number of rotatable bonds is 15. The van der Waals surface area contributed by atoms with E-state index in [4.69, 9.17) is 4.74 Å². The van der Waals surface area contributed by atoms with Gasteiger partial charge in [0.15, 0.2) is 6.23 Å². The third-order valence-corrected chi connectivity index (χ3v) is 4.53. The number of allylic oxidation sites excluding steroid dienone is 10. The number of unbranched alkanes of at least 4 members (excludes halogenated alkanes) is 1. The summed E-state index contributed by atoms with van der Waals surface area (Å²) in [7, 11) is 0. The third-order valence-electron chi connectivity index (χ3n) is 4.53. The van der Waals surface area contributed by atoms with E-state index in [0.29, 0.717) is 6.42 Å². The number of hydrogen-bond donors (Lipinski definition) is 1. The topological polar surface area (TPSA) is 81.2 Å². The van der Waals surface area contributed by atoms with E-state index in [9.17, 15) is 18.8 Å². The molecule has 1 rings (SSSR count). The van der Waals surface area contributed by atoms with Gasteiger partial charge in [0.1, 0.15) is 0 Å². The van der Waals surface area contributed by atoms with Crippen molar-refractivity contribution >= 4 is 5.97 Å². The zero-order chi connectivity index (χ0) is 24.3. The lowest BCUT2D eigenvalue weighted by Gasteiger charge is -2.15. The Balaban J connectivity index is 2.14. The average Bonchev–Trinajstić information content (AvgIpc) is 2.78. The molecule has 1 aromatic heterocycles. The Labute approximate surface area is 194 Å². The zero-order valence-corrected chi connectivity index (χ0v) is 19.5. The maximum absolute atomic E-state index is 13.3. The molecule has 0 aromatic carbocycles. The fourth-order valence-corrected chi connectivity index (χ4v) is 2.77. The van der Waals surface area contributed by atoms with Gasteiger partial charge in [-0.2, -0.15) is 4.39 Å². The highest BCUT2D eigenvalue weighted by Gasteiger charge is 2.14. The number of ether oxygens (including phenoxy) is 1. The van der Waals surface area contributed by atoms with Crippen molar-refractivity contribution in [2.45, 2.75) is 71.4 Å². The molecule has 0 spiro atoms. The monoisotopic (exact) mass is 458 g/mol. The zero-order valence-electron chi connectivity index (χ0n) is 19.5. The number of carbonyl (C=O) groups is 1. The van der Waals surface area contributed by atoms with Crippen LogP contribution in [0.25, 0.3) is 0 Å². The summed E-state index contributed by atoms with van der Waals surface area (Å²) in [5.41, 5.74) is -1.94. The van der Waals surface area contributed by atoms with Crippen molar-refractivity contribution in [3.63, 3.8) is 0 Å². The number of halogens is 1. The first kappa shape index (κ1) is 27.8. The highest BCUT2D eigenvalue weighted by molar-refractivity contribution is 5.69. The Kier molecular flexibility index (Phi) is 14.6. The highest BCUT2D eigenvalue weighted by Crippen LogP contribution is 2.08. The molecule has 0 aliphatic carbocycles. The third kappa shape index (κ3) is 13.0. The van der Waals surface area contributed by atoms with Gasteiger partial charge in [-0.05, 0) is 51.9 Å². The van der Waals surface area contributed by atoms with Crippen LogP contribution in [0.15, 0.2) is 76.5 Å². The van der Waals surface area contributed by atoms with E-state index >= 15 is 0 Å². The van der Waals surface area contributed by atoms with Crippen molar-refractivity contribution < 1.29 is 13.9 Å². The minimum Gasteiger partial charge on any atom is -0.441 e. The molecule has 33 heavy (non-hydrogen) atoms. The van der Waals surface area contributed by atoms with Crippen molar-refractivity contribution in [1.29, 1.82) is 0 Å². The molecule has 0 aliphatic rings. The van der Waals surface area contributed by atoms with Crippen molar-refractivity contribution in [2.24, 2.45) is 0 Å². The normalized spacial score (nSPS) is 13.3. The van der Waals surface area contributed by atoms with Crippen LogP contribution in [0.3, 0.4) is 0 Å². The van der Waals surface area contributed by atoms with Crippen LogP contribution in [0.1, 0.15) is 71.4 Å². The fourth-order valence-electron chi connectivity index (χ4n) is 2.77. The van der Waals surface area contributed by atoms with Gasteiger partial charge in [-0.15, -0.1) is 0 Å². The summed E-state index contributed by atoms with van der Waals surface area (Å²) in [6, 6.07) is 0. The number of H-pyrrole nitrogens is 1. The first-order chi connectivity index (χ1) is 16.0. The smallest absolute Gasteiger partial charge is 0.331 e. The quantitative estimate of drug-likeness (QED) is 0.209. The maximum Gasteiger partial charge on any atom is 0.331 e. The minimum absolute atomic E-state index is 0.180. The molecule has 0 fully saturated rings. The molecule has 1 unspecified atom stereocenters.